The molecule has 5 heteroatoms. The number of ether oxygens (including phenoxy) is 1. The van der Waals surface area contributed by atoms with Crippen LogP contribution in [0.3, 0.4) is 0 Å². The maximum absolute atomic E-state index is 11.3. The van der Waals surface area contributed by atoms with Gasteiger partial charge in [-0.15, -0.1) is 0 Å². The van der Waals surface area contributed by atoms with Crippen molar-refractivity contribution in [1.29, 1.82) is 0 Å². The summed E-state index contributed by atoms with van der Waals surface area (Å²) in [5, 5.41) is 0. The fraction of sp³-hybridized carbons (Fsp3) is 0.368. The average molecular weight is 325 g/mol. The van der Waals surface area contributed by atoms with Crippen LogP contribution in [0.15, 0.2) is 36.5 Å². The van der Waals surface area contributed by atoms with Crippen LogP contribution in [-0.4, -0.2) is 49.4 Å². The number of likely N-dealkylation sites (N-methyl/N-ethyl adjacent to an activating group) is 1. The second-order valence-corrected chi connectivity index (χ2v) is 6.17. The first kappa shape index (κ1) is 16.5. The number of hydrogen-bond donors (Lipinski definition) is 0. The van der Waals surface area contributed by atoms with E-state index < -0.39 is 0 Å². The monoisotopic (exact) mass is 325 g/mol. The van der Waals surface area contributed by atoms with Gasteiger partial charge in [0, 0.05) is 37.9 Å². The van der Waals surface area contributed by atoms with Gasteiger partial charge in [-0.3, -0.25) is 4.79 Å². The number of carbonyl (C=O) groups is 1. The minimum atomic E-state index is 0.403. The second-order valence-electron chi connectivity index (χ2n) is 6.17. The van der Waals surface area contributed by atoms with Gasteiger partial charge >= 0.3 is 0 Å². The standard InChI is InChI=1S/C19H23N3O2/c1-15-5-3-7-18(17(15)13-23)24-14-16-6-4-8-20-19(16)22-11-9-21(2)10-12-22/h3-8,13H,9-12,14H2,1-2H3. The summed E-state index contributed by atoms with van der Waals surface area (Å²) in [5.74, 6) is 1.60. The number of hydrogen-bond acceptors (Lipinski definition) is 5. The number of rotatable bonds is 5. The highest BCUT2D eigenvalue weighted by atomic mass is 16.5. The molecular formula is C19H23N3O2. The first-order chi connectivity index (χ1) is 11.7. The number of nitrogens with zero attached hydrogens (tertiary/aromatic N) is 3. The van der Waals surface area contributed by atoms with Gasteiger partial charge in [-0.05, 0) is 31.7 Å². The maximum atomic E-state index is 11.3. The molecule has 0 aliphatic carbocycles. The van der Waals surface area contributed by atoms with Crippen molar-refractivity contribution < 1.29 is 9.53 Å². The van der Waals surface area contributed by atoms with Crippen LogP contribution >= 0.6 is 0 Å². The molecule has 5 nitrogen and oxygen atoms in total. The van der Waals surface area contributed by atoms with Crippen molar-refractivity contribution in [3.05, 3.63) is 53.2 Å². The van der Waals surface area contributed by atoms with E-state index in [4.69, 9.17) is 4.74 Å². The highest BCUT2D eigenvalue weighted by Gasteiger charge is 2.18. The van der Waals surface area contributed by atoms with E-state index in [0.29, 0.717) is 17.9 Å². The molecular weight excluding hydrogens is 302 g/mol. The smallest absolute Gasteiger partial charge is 0.154 e. The molecule has 0 bridgehead atoms. The topological polar surface area (TPSA) is 45.7 Å². The average Bonchev–Trinajstić information content (AvgIpc) is 2.61. The Hall–Kier alpha value is -2.40. The van der Waals surface area contributed by atoms with Crippen molar-refractivity contribution in [1.82, 2.24) is 9.88 Å². The predicted octanol–water partition coefficient (Wildman–Crippen LogP) is 2.53. The van der Waals surface area contributed by atoms with E-state index in [1.165, 1.54) is 0 Å². The van der Waals surface area contributed by atoms with Crippen LogP contribution < -0.4 is 9.64 Å². The molecule has 0 saturated carbocycles. The Morgan fingerprint density at radius 3 is 2.71 bits per heavy atom. The Morgan fingerprint density at radius 2 is 1.96 bits per heavy atom. The lowest BCUT2D eigenvalue weighted by atomic mass is 10.1. The van der Waals surface area contributed by atoms with Gasteiger partial charge in [0.1, 0.15) is 18.2 Å². The zero-order valence-corrected chi connectivity index (χ0v) is 14.2. The van der Waals surface area contributed by atoms with Crippen LogP contribution in [-0.2, 0) is 6.61 Å². The largest absolute Gasteiger partial charge is 0.488 e. The predicted molar refractivity (Wildman–Crippen MR) is 94.8 cm³/mol. The molecule has 0 unspecified atom stereocenters. The summed E-state index contributed by atoms with van der Waals surface area (Å²) in [4.78, 5) is 20.5. The van der Waals surface area contributed by atoms with E-state index >= 15 is 0 Å². The van der Waals surface area contributed by atoms with Crippen molar-refractivity contribution in [2.45, 2.75) is 13.5 Å². The molecule has 1 saturated heterocycles. The van der Waals surface area contributed by atoms with Gasteiger partial charge in [0.2, 0.25) is 0 Å². The van der Waals surface area contributed by atoms with Gasteiger partial charge in [-0.1, -0.05) is 18.2 Å². The lowest BCUT2D eigenvalue weighted by molar-refractivity contribution is 0.111. The van der Waals surface area contributed by atoms with Crippen molar-refractivity contribution in [3.8, 4) is 5.75 Å². The number of aryl methyl sites for hydroxylation is 1. The lowest BCUT2D eigenvalue weighted by Gasteiger charge is -2.34. The van der Waals surface area contributed by atoms with E-state index in [0.717, 1.165) is 49.4 Å². The minimum Gasteiger partial charge on any atom is -0.488 e. The number of piperazine rings is 1. The Morgan fingerprint density at radius 1 is 1.17 bits per heavy atom. The normalized spacial score (nSPS) is 15.3. The molecule has 1 aliphatic rings. The molecule has 0 radical (unpaired) electrons. The fourth-order valence-corrected chi connectivity index (χ4v) is 2.93. The second kappa shape index (κ2) is 7.45. The van der Waals surface area contributed by atoms with Gasteiger partial charge in [-0.25, -0.2) is 4.98 Å². The SMILES string of the molecule is Cc1cccc(OCc2cccnc2N2CCN(C)CC2)c1C=O. The number of benzene rings is 1. The van der Waals surface area contributed by atoms with E-state index in [1.807, 2.05) is 43.5 Å². The molecule has 0 spiro atoms. The van der Waals surface area contributed by atoms with E-state index in [-0.39, 0.29) is 0 Å². The minimum absolute atomic E-state index is 0.403. The molecule has 3 rings (SSSR count). The highest BCUT2D eigenvalue weighted by Crippen LogP contribution is 2.24. The Labute approximate surface area is 142 Å². The Kier molecular flexibility index (Phi) is 5.11. The van der Waals surface area contributed by atoms with Gasteiger partial charge in [0.15, 0.2) is 6.29 Å². The van der Waals surface area contributed by atoms with E-state index in [1.54, 1.807) is 0 Å². The van der Waals surface area contributed by atoms with Gasteiger partial charge in [-0.2, -0.15) is 0 Å². The van der Waals surface area contributed by atoms with Gasteiger partial charge < -0.3 is 14.5 Å². The van der Waals surface area contributed by atoms with Crippen LogP contribution in [0.25, 0.3) is 0 Å². The van der Waals surface area contributed by atoms with Crippen molar-refractivity contribution in [3.63, 3.8) is 0 Å². The summed E-state index contributed by atoms with van der Waals surface area (Å²) >= 11 is 0. The van der Waals surface area contributed by atoms with Crippen molar-refractivity contribution >= 4 is 12.1 Å². The van der Waals surface area contributed by atoms with Crippen LogP contribution in [0.1, 0.15) is 21.5 Å². The van der Waals surface area contributed by atoms with Crippen LogP contribution in [0.5, 0.6) is 5.75 Å². The number of pyridine rings is 1. The zero-order chi connectivity index (χ0) is 16.9. The number of carbonyl (C=O) groups excluding carboxylic acids is 1. The lowest BCUT2D eigenvalue weighted by Crippen LogP contribution is -2.45. The maximum Gasteiger partial charge on any atom is 0.154 e. The third kappa shape index (κ3) is 3.57. The van der Waals surface area contributed by atoms with Crippen molar-refractivity contribution in [2.24, 2.45) is 0 Å². The number of aldehydes is 1. The molecule has 2 heterocycles. The molecule has 1 aromatic carbocycles. The van der Waals surface area contributed by atoms with Gasteiger partial charge in [0.05, 0.1) is 5.56 Å². The van der Waals surface area contributed by atoms with E-state index in [9.17, 15) is 4.79 Å². The fourth-order valence-electron chi connectivity index (χ4n) is 2.93. The van der Waals surface area contributed by atoms with Crippen molar-refractivity contribution in [2.75, 3.05) is 38.1 Å². The van der Waals surface area contributed by atoms with Gasteiger partial charge in [0.25, 0.3) is 0 Å². The number of aromatic nitrogens is 1. The van der Waals surface area contributed by atoms with Crippen LogP contribution in [0.4, 0.5) is 5.82 Å². The Balaban J connectivity index is 1.77. The van der Waals surface area contributed by atoms with Crippen LogP contribution in [0, 0.1) is 6.92 Å². The quantitative estimate of drug-likeness (QED) is 0.791. The Bertz CT molecular complexity index is 710. The highest BCUT2D eigenvalue weighted by molar-refractivity contribution is 5.81. The summed E-state index contributed by atoms with van der Waals surface area (Å²) in [6, 6.07) is 9.62. The zero-order valence-electron chi connectivity index (χ0n) is 14.2. The summed E-state index contributed by atoms with van der Waals surface area (Å²) in [6.07, 6.45) is 2.68. The third-order valence-corrected chi connectivity index (χ3v) is 4.46. The molecule has 24 heavy (non-hydrogen) atoms. The summed E-state index contributed by atoms with van der Waals surface area (Å²) in [6.45, 7) is 6.30. The molecule has 0 amide bonds. The molecule has 1 fully saturated rings. The summed E-state index contributed by atoms with van der Waals surface area (Å²) in [5.41, 5.74) is 2.58. The first-order valence-corrected chi connectivity index (χ1v) is 8.24. The summed E-state index contributed by atoms with van der Waals surface area (Å²) in [7, 11) is 2.14. The third-order valence-electron chi connectivity index (χ3n) is 4.46. The van der Waals surface area contributed by atoms with E-state index in [2.05, 4.69) is 21.8 Å². The summed E-state index contributed by atoms with van der Waals surface area (Å²) < 4.78 is 5.94. The molecule has 0 atom stereocenters. The molecule has 0 N–H and O–H groups in total. The first-order valence-electron chi connectivity index (χ1n) is 8.24. The van der Waals surface area contributed by atoms with Crippen LogP contribution in [0.2, 0.25) is 0 Å². The molecule has 1 aromatic heterocycles. The molecule has 2 aromatic rings. The number of anilines is 1. The molecule has 1 aliphatic heterocycles. The molecule has 126 valence electrons.